The largest absolute Gasteiger partial charge is 0.352 e. The van der Waals surface area contributed by atoms with Gasteiger partial charge in [-0.05, 0) is 87.4 Å². The van der Waals surface area contributed by atoms with E-state index in [0.717, 1.165) is 51.6 Å². The second kappa shape index (κ2) is 13.6. The number of carbonyl (C=O) groups is 2. The van der Waals surface area contributed by atoms with E-state index in [1.807, 2.05) is 56.5 Å². The lowest BCUT2D eigenvalue weighted by atomic mass is 10.1. The van der Waals surface area contributed by atoms with Gasteiger partial charge in [0.15, 0.2) is 0 Å². The number of rotatable bonds is 11. The maximum absolute atomic E-state index is 14.1. The molecule has 1 atom stereocenters. The Labute approximate surface area is 248 Å². The number of hydrogen-bond donors (Lipinski definition) is 1. The van der Waals surface area contributed by atoms with Crippen molar-refractivity contribution < 1.29 is 18.0 Å². The van der Waals surface area contributed by atoms with Gasteiger partial charge in [-0.2, -0.15) is 0 Å². The second-order valence-electron chi connectivity index (χ2n) is 10.6. The number of nitrogens with zero attached hydrogens (tertiary/aromatic N) is 2. The molecule has 0 radical (unpaired) electrons. The lowest BCUT2D eigenvalue weighted by Gasteiger charge is -2.33. The van der Waals surface area contributed by atoms with Gasteiger partial charge in [0.2, 0.25) is 11.8 Å². The summed E-state index contributed by atoms with van der Waals surface area (Å²) in [5, 5.41) is 3.11. The van der Waals surface area contributed by atoms with Crippen molar-refractivity contribution in [2.75, 3.05) is 17.1 Å². The third-order valence-corrected chi connectivity index (χ3v) is 10.3. The van der Waals surface area contributed by atoms with Crippen LogP contribution in [0.2, 0.25) is 0 Å². The van der Waals surface area contributed by atoms with Crippen molar-refractivity contribution in [2.45, 2.75) is 74.9 Å². The number of carbonyl (C=O) groups excluding carboxylic acids is 2. The Kier molecular flexibility index (Phi) is 10.1. The molecule has 0 spiro atoms. The van der Waals surface area contributed by atoms with Gasteiger partial charge in [0, 0.05) is 17.5 Å². The molecule has 218 valence electrons. The van der Waals surface area contributed by atoms with Crippen molar-refractivity contribution in [1.82, 2.24) is 10.2 Å². The van der Waals surface area contributed by atoms with Gasteiger partial charge >= 0.3 is 0 Å². The fraction of sp³-hybridized carbons (Fsp3) is 0.375. The Bertz CT molecular complexity index is 1450. The van der Waals surface area contributed by atoms with E-state index >= 15 is 0 Å². The van der Waals surface area contributed by atoms with E-state index < -0.39 is 28.5 Å². The molecule has 0 saturated heterocycles. The first kappa shape index (κ1) is 30.7. The van der Waals surface area contributed by atoms with Crippen molar-refractivity contribution in [1.29, 1.82) is 0 Å². The molecule has 0 aliphatic heterocycles. The van der Waals surface area contributed by atoms with Gasteiger partial charge in [0.1, 0.15) is 12.6 Å². The molecule has 0 bridgehead atoms. The third-order valence-electron chi connectivity index (χ3n) is 7.72. The first-order chi connectivity index (χ1) is 19.6. The van der Waals surface area contributed by atoms with Crippen molar-refractivity contribution >= 4 is 39.3 Å². The van der Waals surface area contributed by atoms with Gasteiger partial charge in [0.05, 0.1) is 10.6 Å². The van der Waals surface area contributed by atoms with Crippen LogP contribution in [0, 0.1) is 13.8 Å². The standard InChI is InChI=1S/C32H39N3O4S2/c1-23-13-15-28(16-14-23)35(41(38,39)30-19-17-29(40-4)18-20-30)22-31(36)34(21-26-10-6-5-9-24(26)2)25(3)32(37)33-27-11-7-8-12-27/h5-6,9-10,13-20,25,27H,7-8,11-12,21-22H2,1-4H3,(H,33,37)/t25-/m0/s1. The average molecular weight is 594 g/mol. The summed E-state index contributed by atoms with van der Waals surface area (Å²) in [5.74, 6) is -0.677. The van der Waals surface area contributed by atoms with E-state index in [1.54, 1.807) is 43.3 Å². The normalized spacial score (nSPS) is 14.4. The van der Waals surface area contributed by atoms with Gasteiger partial charge < -0.3 is 10.2 Å². The minimum absolute atomic E-state index is 0.0983. The Morgan fingerprint density at radius 2 is 1.59 bits per heavy atom. The number of anilines is 1. The zero-order valence-corrected chi connectivity index (χ0v) is 25.8. The van der Waals surface area contributed by atoms with E-state index in [9.17, 15) is 18.0 Å². The summed E-state index contributed by atoms with van der Waals surface area (Å²) >= 11 is 1.52. The van der Waals surface area contributed by atoms with Crippen LogP contribution in [-0.4, -0.2) is 50.0 Å². The Morgan fingerprint density at radius 1 is 0.951 bits per heavy atom. The third kappa shape index (κ3) is 7.51. The summed E-state index contributed by atoms with van der Waals surface area (Å²) in [6.07, 6.45) is 5.94. The SMILES string of the molecule is CSc1ccc(S(=O)(=O)N(CC(=O)N(Cc2ccccc2C)[C@@H](C)C(=O)NC2CCCC2)c2ccc(C)cc2)cc1. The van der Waals surface area contributed by atoms with E-state index in [2.05, 4.69) is 5.32 Å². The molecule has 1 aliphatic carbocycles. The lowest BCUT2D eigenvalue weighted by molar-refractivity contribution is -0.139. The Balaban J connectivity index is 1.69. The van der Waals surface area contributed by atoms with Crippen LogP contribution in [0.15, 0.2) is 82.6 Å². The fourth-order valence-electron chi connectivity index (χ4n) is 5.06. The number of thioether (sulfide) groups is 1. The minimum atomic E-state index is -4.09. The topological polar surface area (TPSA) is 86.8 Å². The molecule has 1 N–H and O–H groups in total. The van der Waals surface area contributed by atoms with Crippen LogP contribution in [0.1, 0.15) is 49.3 Å². The molecule has 0 unspecified atom stereocenters. The van der Waals surface area contributed by atoms with Gasteiger partial charge in [-0.3, -0.25) is 13.9 Å². The Hall–Kier alpha value is -3.30. The predicted molar refractivity (Wildman–Crippen MR) is 166 cm³/mol. The number of nitrogens with one attached hydrogen (secondary N) is 1. The van der Waals surface area contributed by atoms with Crippen molar-refractivity contribution in [3.05, 3.63) is 89.5 Å². The molecule has 3 aromatic rings. The van der Waals surface area contributed by atoms with E-state index in [-0.39, 0.29) is 23.4 Å². The fourth-order valence-corrected chi connectivity index (χ4v) is 6.88. The predicted octanol–water partition coefficient (Wildman–Crippen LogP) is 5.70. The van der Waals surface area contributed by atoms with Crippen LogP contribution in [0.3, 0.4) is 0 Å². The van der Waals surface area contributed by atoms with E-state index in [0.29, 0.717) is 5.69 Å². The maximum atomic E-state index is 14.1. The molecule has 9 heteroatoms. The number of aryl methyl sites for hydroxylation is 2. The highest BCUT2D eigenvalue weighted by Crippen LogP contribution is 2.27. The molecule has 4 rings (SSSR count). The maximum Gasteiger partial charge on any atom is 0.264 e. The van der Waals surface area contributed by atoms with Crippen LogP contribution >= 0.6 is 11.8 Å². The molecule has 1 aliphatic rings. The number of benzene rings is 3. The summed E-state index contributed by atoms with van der Waals surface area (Å²) in [5.41, 5.74) is 3.25. The van der Waals surface area contributed by atoms with E-state index in [4.69, 9.17) is 0 Å². The highest BCUT2D eigenvalue weighted by Gasteiger charge is 2.33. The molecule has 0 aromatic heterocycles. The van der Waals surface area contributed by atoms with E-state index in [1.165, 1.54) is 16.7 Å². The van der Waals surface area contributed by atoms with Crippen LogP contribution in [0.5, 0.6) is 0 Å². The van der Waals surface area contributed by atoms with Crippen molar-refractivity contribution in [2.24, 2.45) is 0 Å². The van der Waals surface area contributed by atoms with Gasteiger partial charge in [0.25, 0.3) is 10.0 Å². The molecule has 7 nitrogen and oxygen atoms in total. The smallest absolute Gasteiger partial charge is 0.264 e. The molecule has 1 fully saturated rings. The first-order valence-corrected chi connectivity index (χ1v) is 16.6. The summed E-state index contributed by atoms with van der Waals surface area (Å²) in [6, 6.07) is 20.7. The number of hydrogen-bond acceptors (Lipinski definition) is 5. The average Bonchev–Trinajstić information content (AvgIpc) is 3.48. The summed E-state index contributed by atoms with van der Waals surface area (Å²) in [4.78, 5) is 30.0. The molecule has 3 aromatic carbocycles. The second-order valence-corrected chi connectivity index (χ2v) is 13.4. The Morgan fingerprint density at radius 3 is 2.20 bits per heavy atom. The highest BCUT2D eigenvalue weighted by atomic mass is 32.2. The number of amides is 2. The van der Waals surface area contributed by atoms with Crippen LogP contribution in [0.4, 0.5) is 5.69 Å². The summed E-state index contributed by atoms with van der Waals surface area (Å²) in [6.45, 7) is 5.34. The quantitative estimate of drug-likeness (QED) is 0.289. The zero-order chi connectivity index (χ0) is 29.6. The van der Waals surface area contributed by atoms with Gasteiger partial charge in [-0.1, -0.05) is 54.8 Å². The van der Waals surface area contributed by atoms with Crippen molar-refractivity contribution in [3.8, 4) is 0 Å². The molecule has 2 amide bonds. The van der Waals surface area contributed by atoms with Gasteiger partial charge in [-0.25, -0.2) is 8.42 Å². The van der Waals surface area contributed by atoms with Crippen LogP contribution in [0.25, 0.3) is 0 Å². The molecule has 41 heavy (non-hydrogen) atoms. The van der Waals surface area contributed by atoms with Crippen molar-refractivity contribution in [3.63, 3.8) is 0 Å². The summed E-state index contributed by atoms with van der Waals surface area (Å²) < 4.78 is 29.1. The first-order valence-electron chi connectivity index (χ1n) is 14.0. The highest BCUT2D eigenvalue weighted by molar-refractivity contribution is 7.98. The molecule has 1 saturated carbocycles. The van der Waals surface area contributed by atoms with Gasteiger partial charge in [-0.15, -0.1) is 11.8 Å². The zero-order valence-electron chi connectivity index (χ0n) is 24.2. The molecular weight excluding hydrogens is 555 g/mol. The molecule has 0 heterocycles. The molecular formula is C32H39N3O4S2. The van der Waals surface area contributed by atoms with Crippen LogP contribution < -0.4 is 9.62 Å². The number of sulfonamides is 1. The lowest BCUT2D eigenvalue weighted by Crippen LogP contribution is -2.52. The monoisotopic (exact) mass is 593 g/mol. The summed E-state index contributed by atoms with van der Waals surface area (Å²) in [7, 11) is -4.09. The van der Waals surface area contributed by atoms with Crippen LogP contribution in [-0.2, 0) is 26.2 Å². The minimum Gasteiger partial charge on any atom is -0.352 e.